The monoisotopic (exact) mass is 217 g/mol. The number of piperidine rings is 1. The van der Waals surface area contributed by atoms with Crippen LogP contribution in [0.1, 0.15) is 30.5 Å². The SMILES string of the molecule is N[C@H]1CCCN(c2ccnc3c2CCC3)C1. The van der Waals surface area contributed by atoms with Crippen LogP contribution in [0.25, 0.3) is 0 Å². The highest BCUT2D eigenvalue weighted by atomic mass is 15.2. The molecular weight excluding hydrogens is 198 g/mol. The lowest BCUT2D eigenvalue weighted by molar-refractivity contribution is 0.505. The molecular formula is C13H19N3. The molecule has 2 N–H and O–H groups in total. The summed E-state index contributed by atoms with van der Waals surface area (Å²) in [4.78, 5) is 6.93. The van der Waals surface area contributed by atoms with Crippen molar-refractivity contribution < 1.29 is 0 Å². The van der Waals surface area contributed by atoms with Crippen LogP contribution >= 0.6 is 0 Å². The predicted molar refractivity (Wildman–Crippen MR) is 65.7 cm³/mol. The van der Waals surface area contributed by atoms with Crippen molar-refractivity contribution in [2.24, 2.45) is 5.73 Å². The van der Waals surface area contributed by atoms with Crippen LogP contribution in [0.3, 0.4) is 0 Å². The van der Waals surface area contributed by atoms with E-state index in [1.807, 2.05) is 6.20 Å². The highest BCUT2D eigenvalue weighted by molar-refractivity contribution is 5.56. The second-order valence-electron chi connectivity index (χ2n) is 4.96. The summed E-state index contributed by atoms with van der Waals surface area (Å²) in [6.45, 7) is 2.17. The zero-order valence-corrected chi connectivity index (χ0v) is 9.65. The van der Waals surface area contributed by atoms with Gasteiger partial charge in [-0.1, -0.05) is 0 Å². The number of hydrogen-bond donors (Lipinski definition) is 1. The number of aryl methyl sites for hydroxylation is 1. The number of nitrogens with zero attached hydrogens (tertiary/aromatic N) is 2. The Labute approximate surface area is 96.7 Å². The van der Waals surface area contributed by atoms with Gasteiger partial charge in [-0.3, -0.25) is 4.98 Å². The van der Waals surface area contributed by atoms with Crippen molar-refractivity contribution in [2.45, 2.75) is 38.1 Å². The molecule has 2 aliphatic rings. The fourth-order valence-corrected chi connectivity index (χ4v) is 2.97. The Bertz CT molecular complexity index is 389. The molecule has 1 aromatic rings. The van der Waals surface area contributed by atoms with Gasteiger partial charge in [-0.05, 0) is 43.7 Å². The molecule has 1 aromatic heterocycles. The van der Waals surface area contributed by atoms with Crippen molar-refractivity contribution >= 4 is 5.69 Å². The molecule has 0 radical (unpaired) electrons. The van der Waals surface area contributed by atoms with E-state index in [-0.39, 0.29) is 0 Å². The fraction of sp³-hybridized carbons (Fsp3) is 0.615. The molecule has 1 aliphatic heterocycles. The van der Waals surface area contributed by atoms with Crippen LogP contribution in [0.15, 0.2) is 12.3 Å². The first-order valence-electron chi connectivity index (χ1n) is 6.32. The number of pyridine rings is 1. The van der Waals surface area contributed by atoms with Crippen molar-refractivity contribution in [3.05, 3.63) is 23.5 Å². The summed E-state index contributed by atoms with van der Waals surface area (Å²) in [6, 6.07) is 2.52. The molecule has 3 heteroatoms. The lowest BCUT2D eigenvalue weighted by Gasteiger charge is -2.33. The van der Waals surface area contributed by atoms with Gasteiger partial charge >= 0.3 is 0 Å². The van der Waals surface area contributed by atoms with Gasteiger partial charge in [0, 0.05) is 36.7 Å². The minimum Gasteiger partial charge on any atom is -0.370 e. The van der Waals surface area contributed by atoms with Crippen LogP contribution in [0.2, 0.25) is 0 Å². The van der Waals surface area contributed by atoms with Gasteiger partial charge in [-0.15, -0.1) is 0 Å². The highest BCUT2D eigenvalue weighted by Crippen LogP contribution is 2.31. The lowest BCUT2D eigenvalue weighted by Crippen LogP contribution is -2.43. The Kier molecular flexibility index (Phi) is 2.56. The molecule has 1 fully saturated rings. The second-order valence-corrected chi connectivity index (χ2v) is 4.96. The molecule has 0 unspecified atom stereocenters. The van der Waals surface area contributed by atoms with E-state index in [2.05, 4.69) is 16.0 Å². The second kappa shape index (κ2) is 4.06. The average molecular weight is 217 g/mol. The van der Waals surface area contributed by atoms with Crippen LogP contribution in [-0.4, -0.2) is 24.1 Å². The maximum absolute atomic E-state index is 6.05. The van der Waals surface area contributed by atoms with Gasteiger partial charge in [-0.2, -0.15) is 0 Å². The number of anilines is 1. The van der Waals surface area contributed by atoms with Crippen molar-refractivity contribution in [2.75, 3.05) is 18.0 Å². The molecule has 2 heterocycles. The number of fused-ring (bicyclic) bond motifs is 1. The summed E-state index contributed by atoms with van der Waals surface area (Å²) < 4.78 is 0. The number of aromatic nitrogens is 1. The molecule has 1 atom stereocenters. The number of nitrogens with two attached hydrogens (primary N) is 1. The molecule has 0 aromatic carbocycles. The average Bonchev–Trinajstić information content (AvgIpc) is 2.76. The molecule has 0 bridgehead atoms. The molecule has 86 valence electrons. The summed E-state index contributed by atoms with van der Waals surface area (Å²) in [5, 5.41) is 0. The number of hydrogen-bond acceptors (Lipinski definition) is 3. The predicted octanol–water partition coefficient (Wildman–Crippen LogP) is 1.50. The summed E-state index contributed by atoms with van der Waals surface area (Å²) in [5.41, 5.74) is 10.3. The van der Waals surface area contributed by atoms with Gasteiger partial charge < -0.3 is 10.6 Å². The molecule has 0 spiro atoms. The van der Waals surface area contributed by atoms with Gasteiger partial charge in [0.15, 0.2) is 0 Å². The zero-order valence-electron chi connectivity index (χ0n) is 9.65. The van der Waals surface area contributed by atoms with Gasteiger partial charge in [0.25, 0.3) is 0 Å². The zero-order chi connectivity index (χ0) is 11.0. The van der Waals surface area contributed by atoms with Gasteiger partial charge in [0.2, 0.25) is 0 Å². The quantitative estimate of drug-likeness (QED) is 0.775. The fourth-order valence-electron chi connectivity index (χ4n) is 2.97. The van der Waals surface area contributed by atoms with E-state index in [9.17, 15) is 0 Å². The van der Waals surface area contributed by atoms with E-state index in [1.165, 1.54) is 42.6 Å². The first kappa shape index (κ1) is 10.1. The van der Waals surface area contributed by atoms with E-state index in [0.29, 0.717) is 6.04 Å². The summed E-state index contributed by atoms with van der Waals surface area (Å²) in [5.74, 6) is 0. The van der Waals surface area contributed by atoms with E-state index in [4.69, 9.17) is 5.73 Å². The van der Waals surface area contributed by atoms with Crippen molar-refractivity contribution in [3.63, 3.8) is 0 Å². The molecule has 3 rings (SSSR count). The Hall–Kier alpha value is -1.09. The Balaban J connectivity index is 1.91. The molecule has 1 aliphatic carbocycles. The van der Waals surface area contributed by atoms with E-state index < -0.39 is 0 Å². The van der Waals surface area contributed by atoms with E-state index in [1.54, 1.807) is 0 Å². The van der Waals surface area contributed by atoms with Crippen LogP contribution in [0, 0.1) is 0 Å². The Morgan fingerprint density at radius 3 is 3.12 bits per heavy atom. The van der Waals surface area contributed by atoms with Crippen LogP contribution in [0.5, 0.6) is 0 Å². The first-order chi connectivity index (χ1) is 7.84. The summed E-state index contributed by atoms with van der Waals surface area (Å²) >= 11 is 0. The van der Waals surface area contributed by atoms with Gasteiger partial charge in [0.05, 0.1) is 0 Å². The minimum atomic E-state index is 0.346. The minimum absolute atomic E-state index is 0.346. The van der Waals surface area contributed by atoms with Gasteiger partial charge in [0.1, 0.15) is 0 Å². The van der Waals surface area contributed by atoms with Crippen molar-refractivity contribution in [1.29, 1.82) is 0 Å². The smallest absolute Gasteiger partial charge is 0.0456 e. The van der Waals surface area contributed by atoms with Crippen LogP contribution < -0.4 is 10.6 Å². The first-order valence-corrected chi connectivity index (χ1v) is 6.32. The summed E-state index contributed by atoms with van der Waals surface area (Å²) in [7, 11) is 0. The van der Waals surface area contributed by atoms with E-state index in [0.717, 1.165) is 19.5 Å². The Morgan fingerprint density at radius 1 is 1.31 bits per heavy atom. The van der Waals surface area contributed by atoms with Crippen molar-refractivity contribution in [3.8, 4) is 0 Å². The third-order valence-corrected chi connectivity index (χ3v) is 3.76. The third kappa shape index (κ3) is 1.69. The van der Waals surface area contributed by atoms with Gasteiger partial charge in [-0.25, -0.2) is 0 Å². The van der Waals surface area contributed by atoms with E-state index >= 15 is 0 Å². The maximum Gasteiger partial charge on any atom is 0.0456 e. The van der Waals surface area contributed by atoms with Crippen LogP contribution in [0.4, 0.5) is 5.69 Å². The normalized spacial score (nSPS) is 24.6. The maximum atomic E-state index is 6.05. The molecule has 0 saturated carbocycles. The lowest BCUT2D eigenvalue weighted by atomic mass is 10.0. The summed E-state index contributed by atoms with van der Waals surface area (Å²) in [6.07, 6.45) is 7.97. The third-order valence-electron chi connectivity index (χ3n) is 3.76. The topological polar surface area (TPSA) is 42.1 Å². The number of rotatable bonds is 1. The molecule has 16 heavy (non-hydrogen) atoms. The van der Waals surface area contributed by atoms with Crippen LogP contribution in [-0.2, 0) is 12.8 Å². The largest absolute Gasteiger partial charge is 0.370 e. The van der Waals surface area contributed by atoms with Crippen molar-refractivity contribution in [1.82, 2.24) is 4.98 Å². The molecule has 0 amide bonds. The molecule has 3 nitrogen and oxygen atoms in total. The molecule has 1 saturated heterocycles. The highest BCUT2D eigenvalue weighted by Gasteiger charge is 2.22. The standard InChI is InChI=1S/C13H19N3/c14-10-3-2-8-16(9-10)13-6-7-15-12-5-1-4-11(12)13/h6-7,10H,1-5,8-9,14H2/t10-/m0/s1. The Morgan fingerprint density at radius 2 is 2.25 bits per heavy atom.